The van der Waals surface area contributed by atoms with Gasteiger partial charge in [-0.25, -0.2) is 18.4 Å². The molecule has 152 valence electrons. The first kappa shape index (κ1) is 20.8. The molecule has 1 aromatic carbocycles. The second kappa shape index (κ2) is 8.62. The van der Waals surface area contributed by atoms with Crippen molar-refractivity contribution in [2.45, 2.75) is 11.9 Å². The Balaban J connectivity index is 1.63. The van der Waals surface area contributed by atoms with Crippen molar-refractivity contribution >= 4 is 33.2 Å². The summed E-state index contributed by atoms with van der Waals surface area (Å²) in [6.45, 7) is 2.67. The topological polar surface area (TPSA) is 120 Å². The molecule has 0 bridgehead atoms. The van der Waals surface area contributed by atoms with E-state index < -0.39 is 9.84 Å². The number of nitrogens with zero attached hydrogens (tertiary/aromatic N) is 3. The lowest BCUT2D eigenvalue weighted by atomic mass is 10.1. The van der Waals surface area contributed by atoms with E-state index in [1.54, 1.807) is 12.1 Å². The van der Waals surface area contributed by atoms with Crippen LogP contribution in [0.1, 0.15) is 5.56 Å². The molecule has 3 aromatic rings. The van der Waals surface area contributed by atoms with Crippen molar-refractivity contribution < 1.29 is 13.2 Å². The average molecular weight is 434 g/mol. The standard InChI is InChI=1S/C19H20ClN5O3S/c1-12-14(4-3-5-15(12)20)16-10-17(25-19(21)24-16)22-8-9-28-13-6-7-18(23-11-13)29(2,26)27/h3-7,10-11H,8-9H2,1-2H3,(H3,21,22,24,25). The van der Waals surface area contributed by atoms with Gasteiger partial charge in [-0.2, -0.15) is 4.98 Å². The Kier molecular flexibility index (Phi) is 6.19. The van der Waals surface area contributed by atoms with Gasteiger partial charge >= 0.3 is 0 Å². The molecule has 0 aliphatic carbocycles. The molecule has 0 saturated carbocycles. The zero-order chi connectivity index (χ0) is 21.0. The van der Waals surface area contributed by atoms with Crippen LogP contribution < -0.4 is 15.8 Å². The molecule has 0 spiro atoms. The average Bonchev–Trinajstić information content (AvgIpc) is 2.66. The number of hydrogen-bond donors (Lipinski definition) is 2. The number of hydrogen-bond acceptors (Lipinski definition) is 8. The normalized spacial score (nSPS) is 11.3. The SMILES string of the molecule is Cc1c(Cl)cccc1-c1cc(NCCOc2ccc(S(C)(=O)=O)nc2)nc(N)n1. The van der Waals surface area contributed by atoms with Crippen LogP contribution in [0.3, 0.4) is 0 Å². The summed E-state index contributed by atoms with van der Waals surface area (Å²) in [5.74, 6) is 1.17. The highest BCUT2D eigenvalue weighted by molar-refractivity contribution is 7.90. The molecule has 8 nitrogen and oxygen atoms in total. The van der Waals surface area contributed by atoms with Crippen LogP contribution in [0, 0.1) is 6.92 Å². The van der Waals surface area contributed by atoms with Crippen LogP contribution in [0.2, 0.25) is 5.02 Å². The summed E-state index contributed by atoms with van der Waals surface area (Å²) in [6, 6.07) is 10.3. The van der Waals surface area contributed by atoms with Crippen molar-refractivity contribution in [1.82, 2.24) is 15.0 Å². The van der Waals surface area contributed by atoms with Gasteiger partial charge in [-0.3, -0.25) is 0 Å². The van der Waals surface area contributed by atoms with Crippen LogP contribution in [-0.2, 0) is 9.84 Å². The van der Waals surface area contributed by atoms with Gasteiger partial charge in [0.2, 0.25) is 5.95 Å². The molecule has 3 rings (SSSR count). The monoisotopic (exact) mass is 433 g/mol. The van der Waals surface area contributed by atoms with Crippen molar-refractivity contribution in [3.8, 4) is 17.0 Å². The van der Waals surface area contributed by atoms with Gasteiger partial charge in [0.25, 0.3) is 0 Å². The molecule has 2 aromatic heterocycles. The van der Waals surface area contributed by atoms with E-state index in [0.29, 0.717) is 35.4 Å². The van der Waals surface area contributed by atoms with E-state index in [1.807, 2.05) is 25.1 Å². The Labute approximate surface area is 174 Å². The van der Waals surface area contributed by atoms with Gasteiger partial charge in [-0.1, -0.05) is 23.7 Å². The Hall–Kier alpha value is -2.91. The van der Waals surface area contributed by atoms with Gasteiger partial charge in [0, 0.05) is 22.9 Å². The molecule has 0 aliphatic rings. The van der Waals surface area contributed by atoms with Crippen LogP contribution in [0.25, 0.3) is 11.3 Å². The highest BCUT2D eigenvalue weighted by Gasteiger charge is 2.10. The van der Waals surface area contributed by atoms with Crippen molar-refractivity contribution in [2.24, 2.45) is 0 Å². The first-order chi connectivity index (χ1) is 13.7. The first-order valence-electron chi connectivity index (χ1n) is 8.67. The molecule has 0 radical (unpaired) electrons. The molecule has 0 unspecified atom stereocenters. The second-order valence-corrected chi connectivity index (χ2v) is 8.66. The molecule has 0 saturated heterocycles. The lowest BCUT2D eigenvalue weighted by molar-refractivity contribution is 0.331. The summed E-state index contributed by atoms with van der Waals surface area (Å²) in [4.78, 5) is 12.3. The molecule has 0 aliphatic heterocycles. The van der Waals surface area contributed by atoms with Crippen molar-refractivity contribution in [2.75, 3.05) is 30.5 Å². The van der Waals surface area contributed by atoms with Crippen LogP contribution in [0.4, 0.5) is 11.8 Å². The van der Waals surface area contributed by atoms with Gasteiger partial charge in [-0.15, -0.1) is 0 Å². The van der Waals surface area contributed by atoms with Crippen molar-refractivity contribution in [1.29, 1.82) is 0 Å². The third kappa shape index (κ3) is 5.33. The van der Waals surface area contributed by atoms with E-state index in [2.05, 4.69) is 20.3 Å². The molecule has 29 heavy (non-hydrogen) atoms. The lowest BCUT2D eigenvalue weighted by Gasteiger charge is -2.11. The van der Waals surface area contributed by atoms with Crippen LogP contribution in [0.15, 0.2) is 47.6 Å². The lowest BCUT2D eigenvalue weighted by Crippen LogP contribution is -2.13. The van der Waals surface area contributed by atoms with Gasteiger partial charge in [-0.05, 0) is 30.7 Å². The number of anilines is 2. The third-order valence-corrected chi connectivity index (χ3v) is 5.46. The Morgan fingerprint density at radius 1 is 1.21 bits per heavy atom. The van der Waals surface area contributed by atoms with Gasteiger partial charge in [0.05, 0.1) is 18.4 Å². The highest BCUT2D eigenvalue weighted by atomic mass is 35.5. The molecule has 0 atom stereocenters. The number of nitrogen functional groups attached to an aromatic ring is 1. The van der Waals surface area contributed by atoms with Gasteiger partial charge < -0.3 is 15.8 Å². The van der Waals surface area contributed by atoms with Crippen LogP contribution >= 0.6 is 11.6 Å². The fourth-order valence-corrected chi connectivity index (χ4v) is 3.33. The Morgan fingerprint density at radius 2 is 2.00 bits per heavy atom. The summed E-state index contributed by atoms with van der Waals surface area (Å²) >= 11 is 6.19. The summed E-state index contributed by atoms with van der Waals surface area (Å²) < 4.78 is 28.4. The van der Waals surface area contributed by atoms with Crippen LogP contribution in [-0.4, -0.2) is 42.8 Å². The fourth-order valence-electron chi connectivity index (χ4n) is 2.60. The smallest absolute Gasteiger partial charge is 0.222 e. The van der Waals surface area contributed by atoms with E-state index in [-0.39, 0.29) is 11.0 Å². The Bertz CT molecular complexity index is 1120. The van der Waals surface area contributed by atoms with E-state index in [0.717, 1.165) is 17.4 Å². The minimum absolute atomic E-state index is 0.00303. The number of benzene rings is 1. The van der Waals surface area contributed by atoms with E-state index in [9.17, 15) is 8.42 Å². The minimum atomic E-state index is -3.33. The van der Waals surface area contributed by atoms with E-state index in [1.165, 1.54) is 12.3 Å². The van der Waals surface area contributed by atoms with E-state index in [4.69, 9.17) is 22.1 Å². The number of halogens is 1. The second-order valence-electron chi connectivity index (χ2n) is 6.29. The molecule has 10 heteroatoms. The third-order valence-electron chi connectivity index (χ3n) is 4.05. The van der Waals surface area contributed by atoms with Gasteiger partial charge in [0.15, 0.2) is 14.9 Å². The number of pyridine rings is 1. The van der Waals surface area contributed by atoms with Crippen LogP contribution in [0.5, 0.6) is 5.75 Å². The molecular weight excluding hydrogens is 414 g/mol. The maximum atomic E-state index is 11.4. The quantitative estimate of drug-likeness (QED) is 0.545. The molecule has 0 amide bonds. The number of sulfone groups is 1. The largest absolute Gasteiger partial charge is 0.490 e. The molecular formula is C19H20ClN5O3S. The molecule has 3 N–H and O–H groups in total. The number of rotatable bonds is 7. The highest BCUT2D eigenvalue weighted by Crippen LogP contribution is 2.28. The summed E-state index contributed by atoms with van der Waals surface area (Å²) in [7, 11) is -3.33. The zero-order valence-corrected chi connectivity index (χ0v) is 17.5. The van der Waals surface area contributed by atoms with Gasteiger partial charge in [0.1, 0.15) is 18.2 Å². The number of aromatic nitrogens is 3. The first-order valence-corrected chi connectivity index (χ1v) is 10.9. The minimum Gasteiger partial charge on any atom is -0.490 e. The number of ether oxygens (including phenoxy) is 1. The number of nitrogens with one attached hydrogen (secondary N) is 1. The predicted octanol–water partition coefficient (Wildman–Crippen LogP) is 2.98. The fraction of sp³-hybridized carbons (Fsp3) is 0.211. The van der Waals surface area contributed by atoms with E-state index >= 15 is 0 Å². The maximum absolute atomic E-state index is 11.4. The predicted molar refractivity (Wildman–Crippen MR) is 113 cm³/mol. The number of nitrogens with two attached hydrogens (primary N) is 1. The summed E-state index contributed by atoms with van der Waals surface area (Å²) in [5.41, 5.74) is 8.30. The Morgan fingerprint density at radius 3 is 2.69 bits per heavy atom. The van der Waals surface area contributed by atoms with Crippen molar-refractivity contribution in [3.05, 3.63) is 53.2 Å². The zero-order valence-electron chi connectivity index (χ0n) is 15.9. The molecule has 0 fully saturated rings. The summed E-state index contributed by atoms with van der Waals surface area (Å²) in [5, 5.41) is 3.78. The maximum Gasteiger partial charge on any atom is 0.222 e. The van der Waals surface area contributed by atoms with Crippen molar-refractivity contribution in [3.63, 3.8) is 0 Å². The summed E-state index contributed by atoms with van der Waals surface area (Å²) in [6.07, 6.45) is 2.48. The molecule has 2 heterocycles.